The topological polar surface area (TPSA) is 91.1 Å². The molecule has 0 saturated heterocycles. The molecule has 7 heteroatoms. The largest absolute Gasteiger partial charge is 0.464 e. The van der Waals surface area contributed by atoms with Crippen molar-refractivity contribution < 1.29 is 14.3 Å². The number of rotatable bonds is 2. The Labute approximate surface area is 121 Å². The maximum absolute atomic E-state index is 12.5. The van der Waals surface area contributed by atoms with Crippen LogP contribution in [-0.4, -0.2) is 45.6 Å². The minimum atomic E-state index is -0.486. The average Bonchev–Trinajstić information content (AvgIpc) is 3.11. The molecule has 3 rings (SSSR count). The maximum atomic E-state index is 12.5. The zero-order valence-corrected chi connectivity index (χ0v) is 11.9. The van der Waals surface area contributed by atoms with Gasteiger partial charge in [0.2, 0.25) is 0 Å². The van der Waals surface area contributed by atoms with E-state index < -0.39 is 5.97 Å². The van der Waals surface area contributed by atoms with Crippen molar-refractivity contribution in [2.45, 2.75) is 19.9 Å². The smallest absolute Gasteiger partial charge is 0.358 e. The molecule has 0 saturated carbocycles. The van der Waals surface area contributed by atoms with E-state index in [-0.39, 0.29) is 11.6 Å². The molecular weight excluding hydrogens is 272 g/mol. The fourth-order valence-corrected chi connectivity index (χ4v) is 2.58. The number of H-pyrrole nitrogens is 2. The number of ether oxygens (including phenoxy) is 1. The molecule has 110 valence electrons. The first kappa shape index (κ1) is 13.4. The van der Waals surface area contributed by atoms with Gasteiger partial charge in [-0.3, -0.25) is 9.89 Å². The first-order valence-electron chi connectivity index (χ1n) is 6.69. The molecule has 1 aliphatic heterocycles. The number of hydrogen-bond donors (Lipinski definition) is 2. The van der Waals surface area contributed by atoms with Crippen LogP contribution < -0.4 is 0 Å². The van der Waals surface area contributed by atoms with E-state index in [1.165, 1.54) is 7.11 Å². The average molecular weight is 288 g/mol. The minimum absolute atomic E-state index is 0.0450. The standard InChI is InChI=1S/C14H16N4O3/c1-8-5-15-6-9(8)13(19)18-4-3-11-10(7-18)12(17-16-11)14(20)21-2/h5-6,15H,3-4,7H2,1-2H3,(H,16,17). The number of hydrogen-bond acceptors (Lipinski definition) is 4. The molecule has 2 aromatic rings. The first-order chi connectivity index (χ1) is 10.1. The summed E-state index contributed by atoms with van der Waals surface area (Å²) < 4.78 is 4.72. The lowest BCUT2D eigenvalue weighted by Crippen LogP contribution is -2.36. The summed E-state index contributed by atoms with van der Waals surface area (Å²) in [6, 6.07) is 0. The van der Waals surface area contributed by atoms with E-state index in [0.717, 1.165) is 16.8 Å². The molecular formula is C14H16N4O3. The number of nitrogens with zero attached hydrogens (tertiary/aromatic N) is 2. The van der Waals surface area contributed by atoms with Gasteiger partial charge < -0.3 is 14.6 Å². The predicted molar refractivity (Wildman–Crippen MR) is 73.9 cm³/mol. The third kappa shape index (κ3) is 2.20. The number of carbonyl (C=O) groups is 2. The van der Waals surface area contributed by atoms with Crippen LogP contribution in [0.15, 0.2) is 12.4 Å². The molecule has 1 amide bonds. The van der Waals surface area contributed by atoms with Gasteiger partial charge in [0.15, 0.2) is 5.69 Å². The summed E-state index contributed by atoms with van der Waals surface area (Å²) in [6.07, 6.45) is 4.14. The summed E-state index contributed by atoms with van der Waals surface area (Å²) >= 11 is 0. The number of nitrogens with one attached hydrogen (secondary N) is 2. The molecule has 2 N–H and O–H groups in total. The highest BCUT2D eigenvalue weighted by molar-refractivity contribution is 5.96. The van der Waals surface area contributed by atoms with Gasteiger partial charge in [-0.25, -0.2) is 4.79 Å². The van der Waals surface area contributed by atoms with Crippen LogP contribution in [-0.2, 0) is 17.7 Å². The van der Waals surface area contributed by atoms with Crippen LogP contribution in [0.2, 0.25) is 0 Å². The first-order valence-corrected chi connectivity index (χ1v) is 6.69. The molecule has 2 aromatic heterocycles. The molecule has 0 atom stereocenters. The quantitative estimate of drug-likeness (QED) is 0.807. The number of aromatic amines is 2. The second-order valence-electron chi connectivity index (χ2n) is 5.05. The van der Waals surface area contributed by atoms with Gasteiger partial charge in [0.25, 0.3) is 5.91 Å². The van der Waals surface area contributed by atoms with Crippen LogP contribution in [0, 0.1) is 6.92 Å². The van der Waals surface area contributed by atoms with Crippen molar-refractivity contribution >= 4 is 11.9 Å². The van der Waals surface area contributed by atoms with Gasteiger partial charge in [-0.2, -0.15) is 5.10 Å². The van der Waals surface area contributed by atoms with E-state index in [9.17, 15) is 9.59 Å². The molecule has 0 aliphatic carbocycles. The van der Waals surface area contributed by atoms with Gasteiger partial charge >= 0.3 is 5.97 Å². The second-order valence-corrected chi connectivity index (χ2v) is 5.05. The van der Waals surface area contributed by atoms with Crippen molar-refractivity contribution in [3.8, 4) is 0 Å². The zero-order valence-electron chi connectivity index (χ0n) is 11.9. The predicted octanol–water partition coefficient (Wildman–Crippen LogP) is 1.03. The number of fused-ring (bicyclic) bond motifs is 1. The fraction of sp³-hybridized carbons (Fsp3) is 0.357. The van der Waals surface area contributed by atoms with Crippen LogP contribution in [0.1, 0.15) is 37.7 Å². The van der Waals surface area contributed by atoms with Gasteiger partial charge in [0.05, 0.1) is 19.2 Å². The number of methoxy groups -OCH3 is 1. The van der Waals surface area contributed by atoms with Crippen LogP contribution in [0.25, 0.3) is 0 Å². The van der Waals surface area contributed by atoms with Gasteiger partial charge in [-0.15, -0.1) is 0 Å². The lowest BCUT2D eigenvalue weighted by atomic mass is 10.0. The molecule has 0 aromatic carbocycles. The fourth-order valence-electron chi connectivity index (χ4n) is 2.58. The normalized spacial score (nSPS) is 13.9. The summed E-state index contributed by atoms with van der Waals surface area (Å²) in [5.74, 6) is -0.531. The van der Waals surface area contributed by atoms with Gasteiger partial charge in [-0.05, 0) is 12.5 Å². The van der Waals surface area contributed by atoms with Gasteiger partial charge in [0.1, 0.15) is 0 Å². The third-order valence-electron chi connectivity index (χ3n) is 3.78. The Morgan fingerprint density at radius 3 is 2.86 bits per heavy atom. The van der Waals surface area contributed by atoms with Crippen LogP contribution >= 0.6 is 0 Å². The number of carbonyl (C=O) groups excluding carboxylic acids is 2. The van der Waals surface area contributed by atoms with Crippen LogP contribution in [0.4, 0.5) is 0 Å². The number of aromatic nitrogens is 3. The van der Waals surface area contributed by atoms with Crippen molar-refractivity contribution in [2.75, 3.05) is 13.7 Å². The minimum Gasteiger partial charge on any atom is -0.464 e. The molecule has 1 aliphatic rings. The molecule has 0 radical (unpaired) electrons. The Morgan fingerprint density at radius 1 is 1.38 bits per heavy atom. The molecule has 0 unspecified atom stereocenters. The second kappa shape index (κ2) is 5.08. The van der Waals surface area contributed by atoms with Crippen LogP contribution in [0.5, 0.6) is 0 Å². The molecule has 0 fully saturated rings. The molecule has 0 spiro atoms. The third-order valence-corrected chi connectivity index (χ3v) is 3.78. The van der Waals surface area contributed by atoms with E-state index in [0.29, 0.717) is 25.1 Å². The number of amides is 1. The Hall–Kier alpha value is -2.57. The van der Waals surface area contributed by atoms with Crippen molar-refractivity contribution in [2.24, 2.45) is 0 Å². The Balaban J connectivity index is 1.87. The van der Waals surface area contributed by atoms with Gasteiger partial charge in [-0.1, -0.05) is 0 Å². The highest BCUT2D eigenvalue weighted by Gasteiger charge is 2.29. The lowest BCUT2D eigenvalue weighted by Gasteiger charge is -2.27. The van der Waals surface area contributed by atoms with E-state index in [1.807, 2.05) is 6.92 Å². The Kier molecular flexibility index (Phi) is 3.25. The van der Waals surface area contributed by atoms with Gasteiger partial charge in [0, 0.05) is 36.6 Å². The van der Waals surface area contributed by atoms with E-state index in [1.54, 1.807) is 17.3 Å². The molecule has 7 nitrogen and oxygen atoms in total. The lowest BCUT2D eigenvalue weighted by molar-refractivity contribution is 0.0586. The van der Waals surface area contributed by atoms with E-state index in [4.69, 9.17) is 4.74 Å². The molecule has 21 heavy (non-hydrogen) atoms. The van der Waals surface area contributed by atoms with E-state index in [2.05, 4.69) is 15.2 Å². The number of aryl methyl sites for hydroxylation is 1. The SMILES string of the molecule is COC(=O)c1n[nH]c2c1CN(C(=O)c1c[nH]cc1C)CC2. The maximum Gasteiger partial charge on any atom is 0.358 e. The number of esters is 1. The summed E-state index contributed by atoms with van der Waals surface area (Å²) in [7, 11) is 1.32. The highest BCUT2D eigenvalue weighted by Crippen LogP contribution is 2.23. The van der Waals surface area contributed by atoms with Crippen molar-refractivity contribution in [3.63, 3.8) is 0 Å². The monoisotopic (exact) mass is 288 g/mol. The summed E-state index contributed by atoms with van der Waals surface area (Å²) in [4.78, 5) is 28.9. The Bertz CT molecular complexity index is 701. The summed E-state index contributed by atoms with van der Waals surface area (Å²) in [6.45, 7) is 2.84. The van der Waals surface area contributed by atoms with Crippen molar-refractivity contribution in [3.05, 3.63) is 40.5 Å². The van der Waals surface area contributed by atoms with E-state index >= 15 is 0 Å². The highest BCUT2D eigenvalue weighted by atomic mass is 16.5. The Morgan fingerprint density at radius 2 is 2.19 bits per heavy atom. The summed E-state index contributed by atoms with van der Waals surface area (Å²) in [5, 5.41) is 6.85. The zero-order chi connectivity index (χ0) is 15.0. The molecule has 0 bridgehead atoms. The summed E-state index contributed by atoms with van der Waals surface area (Å²) in [5.41, 5.74) is 3.46. The molecule has 3 heterocycles. The van der Waals surface area contributed by atoms with Crippen LogP contribution in [0.3, 0.4) is 0 Å². The van der Waals surface area contributed by atoms with Crippen molar-refractivity contribution in [1.29, 1.82) is 0 Å². The van der Waals surface area contributed by atoms with Crippen molar-refractivity contribution in [1.82, 2.24) is 20.1 Å².